The molecule has 0 spiro atoms. The number of rotatable bonds is 33. The zero-order valence-electron chi connectivity index (χ0n) is 76.0. The Labute approximate surface area is 725 Å². The van der Waals surface area contributed by atoms with Crippen LogP contribution in [0.1, 0.15) is 232 Å². The molecule has 0 amide bonds. The van der Waals surface area contributed by atoms with Crippen molar-refractivity contribution in [3.63, 3.8) is 0 Å². The van der Waals surface area contributed by atoms with E-state index in [2.05, 4.69) is 119 Å². The number of unbranched alkanes of at least 4 members (excludes halogenated alkanes) is 1. The third-order valence-corrected chi connectivity index (χ3v) is 22.0. The number of nitrogens with zero attached hydrogens (tertiary/aromatic N) is 5. The van der Waals surface area contributed by atoms with Gasteiger partial charge in [0.25, 0.3) is 0 Å². The fourth-order valence-electron chi connectivity index (χ4n) is 12.7. The molecule has 0 aliphatic rings. The number of nitrogens with one attached hydrogen (secondary N) is 7. The predicted molar refractivity (Wildman–Crippen MR) is 516 cm³/mol. The molecule has 0 aromatic heterocycles. The Morgan fingerprint density at radius 3 is 0.870 bits per heavy atom. The molecular weight excluding hydrogens is 1580 g/mol. The van der Waals surface area contributed by atoms with Crippen molar-refractivity contribution in [2.75, 3.05) is 196 Å². The molecule has 0 aliphatic heterocycles. The molecule has 0 atom stereocenters. The molecular formula is C87H146N14O7S7. The quantitative estimate of drug-likeness (QED) is 0.0137. The third-order valence-electron chi connectivity index (χ3n) is 19.3. The minimum atomic E-state index is -0.170. The van der Waals surface area contributed by atoms with Crippen LogP contribution in [0.15, 0.2) is 33.6 Å². The highest BCUT2D eigenvalue weighted by atomic mass is 32.1. The monoisotopic (exact) mass is 1720 g/mol. The summed E-state index contributed by atoms with van der Waals surface area (Å²) >= 11 is 35.4. The molecule has 7 aromatic rings. The van der Waals surface area contributed by atoms with E-state index in [-0.39, 0.29) is 70.5 Å². The van der Waals surface area contributed by atoms with E-state index in [1.54, 1.807) is 0 Å². The smallest absolute Gasteiger partial charge is 0.223 e. The van der Waals surface area contributed by atoms with E-state index in [1.165, 1.54) is 12.8 Å². The van der Waals surface area contributed by atoms with Gasteiger partial charge >= 0.3 is 0 Å². The molecule has 115 heavy (non-hydrogen) atoms. The Hall–Kier alpha value is -5.34. The molecule has 0 aliphatic carbocycles. The zero-order valence-corrected chi connectivity index (χ0v) is 81.7. The lowest BCUT2D eigenvalue weighted by atomic mass is 9.82. The van der Waals surface area contributed by atoms with Crippen LogP contribution in [0.2, 0.25) is 0 Å². The highest BCUT2D eigenvalue weighted by Gasteiger charge is 2.33. The summed E-state index contributed by atoms with van der Waals surface area (Å²) in [5.74, 6) is 0. The summed E-state index contributed by atoms with van der Waals surface area (Å²) in [6.07, 6.45) is 4.64. The molecule has 7 aromatic carbocycles. The summed E-state index contributed by atoms with van der Waals surface area (Å²) in [7, 11) is 12.1. The molecule has 21 nitrogen and oxygen atoms in total. The summed E-state index contributed by atoms with van der Waals surface area (Å²) in [4.78, 5) is 92.2. The topological polar surface area (TPSA) is 272 Å². The second kappa shape index (κ2) is 47.0. The number of likely N-dealkylation sites (N-methyl/N-ethyl adjacent to an activating group) is 5. The van der Waals surface area contributed by atoms with Crippen molar-refractivity contribution in [1.82, 2.24) is 24.9 Å². The first-order valence-corrected chi connectivity index (χ1v) is 43.4. The van der Waals surface area contributed by atoms with E-state index in [4.69, 9.17) is 97.0 Å². The minimum absolute atomic E-state index is 0.00650. The third kappa shape index (κ3) is 32.0. The van der Waals surface area contributed by atoms with Gasteiger partial charge in [-0.05, 0) is 119 Å². The summed E-state index contributed by atoms with van der Waals surface area (Å²) in [5.41, 5.74) is 22.0. The van der Waals surface area contributed by atoms with E-state index in [0.29, 0.717) is 55.8 Å². The maximum Gasteiger partial charge on any atom is 0.223 e. The van der Waals surface area contributed by atoms with Crippen LogP contribution >= 0.6 is 85.5 Å². The molecule has 0 fully saturated rings. The molecule has 0 saturated carbocycles. The van der Waals surface area contributed by atoms with Gasteiger partial charge in [-0.1, -0.05) is 265 Å². The molecule has 0 radical (unpaired) electrons. The van der Waals surface area contributed by atoms with Gasteiger partial charge in [0.05, 0.1) is 39.8 Å². The SMILES string of the molecule is CC(C)(C)c1c(NCCN)c(=S)c1=O.CCCN(C)CCNc1c(C(C)(C)C)c(=O)c1=S.CCN(C)CCNc1c(C(C)(C)C)c(=O)c1=S.CCN(CC)CCNc1c(C(C)(C)C)c(=O)c1=S.CN(C)CCNc1c(C(C)(C)C)c(=O)c1=S.CN(CCCCC(C)(C)C)c1c(N)c(=O)c1=S.CNCCNc1c(C(C)(C)C)c(=O)c1=S. The number of anilines is 8. The van der Waals surface area contributed by atoms with Crippen molar-refractivity contribution >= 4 is 131 Å². The lowest BCUT2D eigenvalue weighted by Crippen LogP contribution is -2.33. The highest BCUT2D eigenvalue weighted by molar-refractivity contribution is 7.72. The van der Waals surface area contributed by atoms with Crippen molar-refractivity contribution in [2.45, 2.75) is 231 Å². The van der Waals surface area contributed by atoms with E-state index >= 15 is 0 Å². The lowest BCUT2D eigenvalue weighted by molar-refractivity contribution is 0.316. The average Bonchev–Trinajstić information content (AvgIpc) is 0.778. The Balaban J connectivity index is 0.000000672. The van der Waals surface area contributed by atoms with Gasteiger partial charge in [-0.3, -0.25) is 33.6 Å². The normalized spacial score (nSPS) is 12.2. The van der Waals surface area contributed by atoms with E-state index in [1.807, 2.05) is 158 Å². The van der Waals surface area contributed by atoms with Gasteiger partial charge in [-0.25, -0.2) is 0 Å². The maximum atomic E-state index is 11.8. The van der Waals surface area contributed by atoms with Gasteiger partial charge in [-0.15, -0.1) is 0 Å². The van der Waals surface area contributed by atoms with Crippen LogP contribution < -0.4 is 91.6 Å². The Morgan fingerprint density at radius 2 is 0.617 bits per heavy atom. The van der Waals surface area contributed by atoms with E-state index in [9.17, 15) is 33.6 Å². The predicted octanol–water partition coefficient (Wildman–Crippen LogP) is 15.4. The van der Waals surface area contributed by atoms with Crippen LogP contribution in [0.25, 0.3) is 0 Å². The second-order valence-electron chi connectivity index (χ2n) is 37.3. The largest absolute Gasteiger partial charge is 0.394 e. The van der Waals surface area contributed by atoms with Crippen molar-refractivity contribution in [3.8, 4) is 0 Å². The summed E-state index contributed by atoms with van der Waals surface area (Å²) in [6.45, 7) is 67.1. The minimum Gasteiger partial charge on any atom is -0.394 e. The van der Waals surface area contributed by atoms with Crippen molar-refractivity contribution < 1.29 is 0 Å². The van der Waals surface area contributed by atoms with Crippen LogP contribution in [0.4, 0.5) is 45.5 Å². The summed E-state index contributed by atoms with van der Waals surface area (Å²) < 4.78 is 3.13. The summed E-state index contributed by atoms with van der Waals surface area (Å²) in [5, 5.41) is 22.6. The molecule has 7 rings (SSSR count). The van der Waals surface area contributed by atoms with Gasteiger partial charge in [0.1, 0.15) is 37.3 Å². The van der Waals surface area contributed by atoms with Crippen LogP contribution in [-0.4, -0.2) is 173 Å². The standard InChI is InChI=1S/2C14H24N2OS.2C13H22N2OS.C12H20N2OS.C11H18N2OS.C10H16N2OS/c1-6-8-16(5)9-7-15-11-10(14(2,3)4)12(17)13(11)18;1-6-16(7-2)9-8-15-11-10(14(3,4)5)12(17)13(11)18;1-13(2,3)7-5-6-8-15(4)10-9(14)11(16)12(10)17;1-6-15(5)8-7-14-10-9(13(2,3)4)11(16)12(10)17;1-12(2,3)8-9(11(16)10(8)15)13-6-7-14(4)5;1-11(2,3)7-8(10(15)9(7)14)13-6-5-12-4;1-10(2,3)6-7(12-5-4-11)9(14)8(6)13/h2*15H,6-9H2,1-5H3;5-8,14H2,1-4H3;14H,6-8H2,1-5H3;13H,6-7H2,1-5H3;12-13H,5-6H2,1-4H3;12H,4-5,11H2,1-3H3. The van der Waals surface area contributed by atoms with Gasteiger partial charge < -0.3 is 73.2 Å². The molecule has 11 N–H and O–H groups in total. The number of hydrogen-bond acceptors (Lipinski definition) is 28. The van der Waals surface area contributed by atoms with Gasteiger partial charge in [0, 0.05) is 126 Å². The van der Waals surface area contributed by atoms with Crippen LogP contribution in [-0.2, 0) is 32.5 Å². The van der Waals surface area contributed by atoms with Crippen molar-refractivity contribution in [1.29, 1.82) is 0 Å². The van der Waals surface area contributed by atoms with Gasteiger partial charge in [-0.2, -0.15) is 0 Å². The van der Waals surface area contributed by atoms with Crippen molar-refractivity contribution in [2.24, 2.45) is 11.1 Å². The lowest BCUT2D eigenvalue weighted by Gasteiger charge is -2.26. The molecule has 0 saturated heterocycles. The van der Waals surface area contributed by atoms with Crippen LogP contribution in [0, 0.1) is 37.0 Å². The fraction of sp³-hybridized carbons (Fsp3) is 0.678. The van der Waals surface area contributed by atoms with Gasteiger partial charge in [0.2, 0.25) is 38.0 Å². The maximum absolute atomic E-state index is 11.8. The fourth-order valence-corrected chi connectivity index (χ4v) is 14.8. The Morgan fingerprint density at radius 1 is 0.330 bits per heavy atom. The van der Waals surface area contributed by atoms with Crippen LogP contribution in [0.3, 0.4) is 0 Å². The second-order valence-corrected chi connectivity index (χ2v) is 40.1. The van der Waals surface area contributed by atoms with Crippen molar-refractivity contribution in [3.05, 3.63) is 137 Å². The number of hydrogen-bond donors (Lipinski definition) is 9. The Kier molecular flexibility index (Phi) is 44.0. The first-order valence-electron chi connectivity index (χ1n) is 40.5. The van der Waals surface area contributed by atoms with Crippen LogP contribution in [0.5, 0.6) is 0 Å². The first kappa shape index (κ1) is 108. The highest BCUT2D eigenvalue weighted by Crippen LogP contribution is 2.36. The number of nitrogen functional groups attached to an aromatic ring is 1. The summed E-state index contributed by atoms with van der Waals surface area (Å²) in [6, 6.07) is 0. The molecule has 28 heteroatoms. The molecule has 0 bridgehead atoms. The molecule has 0 heterocycles. The zero-order chi connectivity index (χ0) is 89.4. The number of nitrogens with two attached hydrogens (primary N) is 2. The Bertz CT molecular complexity index is 4750. The molecule has 0 unspecified atom stereocenters. The van der Waals surface area contributed by atoms with E-state index in [0.717, 1.165) is 184 Å². The van der Waals surface area contributed by atoms with Gasteiger partial charge in [0.15, 0.2) is 0 Å². The first-order chi connectivity index (χ1) is 52.7. The van der Waals surface area contributed by atoms with E-state index < -0.39 is 0 Å². The molecule has 648 valence electrons. The average molecular weight is 1720 g/mol.